The lowest BCUT2D eigenvalue weighted by Gasteiger charge is -2.48. The number of carbonyl (C=O) groups is 3. The minimum Gasteiger partial charge on any atom is -0.457 e. The van der Waals surface area contributed by atoms with E-state index in [0.717, 1.165) is 5.56 Å². The van der Waals surface area contributed by atoms with Crippen LogP contribution in [-0.4, -0.2) is 40.5 Å². The molecule has 1 aliphatic heterocycles. The number of amides is 1. The molecule has 4 rings (SSSR count). The first kappa shape index (κ1) is 26.1. The number of nitrogens with one attached hydrogen (secondary N) is 1. The van der Waals surface area contributed by atoms with Crippen molar-refractivity contribution in [2.75, 3.05) is 0 Å². The normalized spacial score (nSPS) is 40.1. The van der Waals surface area contributed by atoms with Crippen LogP contribution >= 0.6 is 0 Å². The molecule has 3 aliphatic rings. The van der Waals surface area contributed by atoms with Crippen LogP contribution in [0.15, 0.2) is 66.3 Å². The van der Waals surface area contributed by atoms with Crippen molar-refractivity contribution in [3.63, 3.8) is 0 Å². The largest absolute Gasteiger partial charge is 0.457 e. The van der Waals surface area contributed by atoms with Gasteiger partial charge in [0, 0.05) is 30.7 Å². The molecule has 2 N–H and O–H groups in total. The van der Waals surface area contributed by atoms with E-state index in [2.05, 4.69) is 37.4 Å². The third kappa shape index (κ3) is 4.47. The first-order valence-corrected chi connectivity index (χ1v) is 12.8. The van der Waals surface area contributed by atoms with E-state index in [1.54, 1.807) is 13.0 Å². The third-order valence-electron chi connectivity index (χ3n) is 8.38. The second-order valence-electron chi connectivity index (χ2n) is 10.9. The molecule has 0 bridgehead atoms. The summed E-state index contributed by atoms with van der Waals surface area (Å²) < 4.78 is 5.87. The molecule has 2 aliphatic carbocycles. The van der Waals surface area contributed by atoms with E-state index in [-0.39, 0.29) is 35.5 Å². The molecule has 1 aromatic carbocycles. The Hall–Kier alpha value is -2.99. The van der Waals surface area contributed by atoms with Crippen LogP contribution in [-0.2, 0) is 25.5 Å². The van der Waals surface area contributed by atoms with Crippen molar-refractivity contribution in [3.05, 3.63) is 71.8 Å². The van der Waals surface area contributed by atoms with Gasteiger partial charge in [-0.2, -0.15) is 0 Å². The molecule has 192 valence electrons. The minimum absolute atomic E-state index is 0.0416. The molecule has 0 unspecified atom stereocenters. The van der Waals surface area contributed by atoms with Crippen LogP contribution in [0.5, 0.6) is 0 Å². The number of allylic oxidation sites excluding steroid dienone is 4. The van der Waals surface area contributed by atoms with E-state index in [1.165, 1.54) is 25.5 Å². The van der Waals surface area contributed by atoms with Gasteiger partial charge in [0.2, 0.25) is 5.91 Å². The van der Waals surface area contributed by atoms with Gasteiger partial charge < -0.3 is 15.2 Å². The number of benzene rings is 1. The Balaban J connectivity index is 1.92. The maximum atomic E-state index is 14.1. The molecule has 8 atom stereocenters. The van der Waals surface area contributed by atoms with Crippen molar-refractivity contribution in [3.8, 4) is 0 Å². The number of Topliss-reactive ketones (excluding diaryl/α,β-unsaturated/α-hetero) is 1. The van der Waals surface area contributed by atoms with Gasteiger partial charge in [0.1, 0.15) is 17.1 Å². The molecule has 0 radical (unpaired) electrons. The van der Waals surface area contributed by atoms with Crippen molar-refractivity contribution in [2.24, 2.45) is 29.1 Å². The van der Waals surface area contributed by atoms with Gasteiger partial charge in [0.15, 0.2) is 5.78 Å². The Morgan fingerprint density at radius 3 is 2.53 bits per heavy atom. The van der Waals surface area contributed by atoms with Crippen molar-refractivity contribution in [1.29, 1.82) is 0 Å². The van der Waals surface area contributed by atoms with E-state index >= 15 is 0 Å². The number of rotatable bonds is 3. The topological polar surface area (TPSA) is 92.7 Å². The average Bonchev–Trinajstić information content (AvgIpc) is 3.11. The number of ketones is 1. The van der Waals surface area contributed by atoms with Crippen LogP contribution in [0, 0.1) is 29.1 Å². The Morgan fingerprint density at radius 2 is 1.86 bits per heavy atom. The van der Waals surface area contributed by atoms with Crippen molar-refractivity contribution in [2.45, 2.75) is 65.2 Å². The molecule has 1 heterocycles. The lowest BCUT2D eigenvalue weighted by Crippen LogP contribution is -2.55. The second kappa shape index (κ2) is 9.81. The Morgan fingerprint density at radius 1 is 1.17 bits per heavy atom. The average molecular weight is 492 g/mol. The summed E-state index contributed by atoms with van der Waals surface area (Å²) in [4.78, 5) is 39.4. The smallest absolute Gasteiger partial charge is 0.303 e. The minimum atomic E-state index is -1.75. The third-order valence-corrected chi connectivity index (χ3v) is 8.38. The molecule has 0 saturated carbocycles. The number of aliphatic hydroxyl groups is 1. The summed E-state index contributed by atoms with van der Waals surface area (Å²) in [7, 11) is 0. The van der Waals surface area contributed by atoms with Crippen LogP contribution < -0.4 is 5.32 Å². The highest BCUT2D eigenvalue weighted by Gasteiger charge is 2.65. The van der Waals surface area contributed by atoms with Gasteiger partial charge in [0.25, 0.3) is 0 Å². The molecule has 6 heteroatoms. The van der Waals surface area contributed by atoms with Crippen molar-refractivity contribution < 1.29 is 24.2 Å². The monoisotopic (exact) mass is 491 g/mol. The van der Waals surface area contributed by atoms with Crippen LogP contribution in [0.4, 0.5) is 0 Å². The summed E-state index contributed by atoms with van der Waals surface area (Å²) in [5, 5.41) is 14.3. The molecule has 1 fully saturated rings. The van der Waals surface area contributed by atoms with Crippen molar-refractivity contribution >= 4 is 17.7 Å². The van der Waals surface area contributed by atoms with Gasteiger partial charge in [0.05, 0.1) is 0 Å². The van der Waals surface area contributed by atoms with E-state index in [1.807, 2.05) is 30.4 Å². The Kier molecular flexibility index (Phi) is 7.11. The fraction of sp³-hybridized carbons (Fsp3) is 0.500. The zero-order chi connectivity index (χ0) is 26.3. The summed E-state index contributed by atoms with van der Waals surface area (Å²) in [6.45, 7) is 8.77. The molecule has 6 nitrogen and oxygen atoms in total. The lowest BCUT2D eigenvalue weighted by molar-refractivity contribution is -0.159. The molecule has 36 heavy (non-hydrogen) atoms. The molecule has 1 spiro atoms. The number of hydrogen-bond acceptors (Lipinski definition) is 5. The predicted molar refractivity (Wildman–Crippen MR) is 138 cm³/mol. The van der Waals surface area contributed by atoms with Gasteiger partial charge >= 0.3 is 5.97 Å². The standard InChI is InChI=1S/C30H37NO5/c1-18-10-9-13-23-16-19(2)20(3)26-24(17-22-11-7-6-8-12-22)31-28(34)30(23,26)25(36-21(4)32)14-15-29(5,35)27(18)33/h6-9,11-16,18,20,23-26,35H,10,17H2,1-5H3,(H,31,34)/b13-9-,15-14-/t18-,20+,23-,24-,25+,26-,29+,30+/m0/s1. The van der Waals surface area contributed by atoms with E-state index < -0.39 is 29.0 Å². The molecular formula is C30H37NO5. The maximum Gasteiger partial charge on any atom is 0.303 e. The van der Waals surface area contributed by atoms with E-state index in [0.29, 0.717) is 12.8 Å². The Labute approximate surface area is 213 Å². The van der Waals surface area contributed by atoms with Crippen molar-refractivity contribution in [1.82, 2.24) is 5.32 Å². The fourth-order valence-corrected chi connectivity index (χ4v) is 6.50. The maximum absolute atomic E-state index is 14.1. The first-order chi connectivity index (χ1) is 17.0. The van der Waals surface area contributed by atoms with Crippen LogP contribution in [0.25, 0.3) is 0 Å². The molecule has 1 amide bonds. The number of hydrogen-bond donors (Lipinski definition) is 2. The lowest BCUT2D eigenvalue weighted by atomic mass is 9.54. The summed E-state index contributed by atoms with van der Waals surface area (Å²) in [5.41, 5.74) is -0.576. The predicted octanol–water partition coefficient (Wildman–Crippen LogP) is 3.95. The summed E-state index contributed by atoms with van der Waals surface area (Å²) in [5.74, 6) is -1.91. The Bertz CT molecular complexity index is 1120. The second-order valence-corrected chi connectivity index (χ2v) is 10.9. The van der Waals surface area contributed by atoms with E-state index in [9.17, 15) is 19.5 Å². The zero-order valence-corrected chi connectivity index (χ0v) is 21.7. The molecule has 1 aromatic rings. The van der Waals surface area contributed by atoms with Gasteiger partial charge in [-0.05, 0) is 50.3 Å². The van der Waals surface area contributed by atoms with E-state index in [4.69, 9.17) is 4.74 Å². The fourth-order valence-electron chi connectivity index (χ4n) is 6.50. The van der Waals surface area contributed by atoms with Gasteiger partial charge in [-0.1, -0.05) is 68.0 Å². The molecular weight excluding hydrogens is 454 g/mol. The first-order valence-electron chi connectivity index (χ1n) is 12.8. The molecule has 1 saturated heterocycles. The number of esters is 1. The summed E-state index contributed by atoms with van der Waals surface area (Å²) in [6.07, 6.45) is 9.12. The van der Waals surface area contributed by atoms with Gasteiger partial charge in [-0.25, -0.2) is 0 Å². The summed E-state index contributed by atoms with van der Waals surface area (Å²) >= 11 is 0. The van der Waals surface area contributed by atoms with Crippen LogP contribution in [0.2, 0.25) is 0 Å². The highest BCUT2D eigenvalue weighted by Crippen LogP contribution is 2.56. The highest BCUT2D eigenvalue weighted by molar-refractivity contribution is 5.91. The van der Waals surface area contributed by atoms with Crippen LogP contribution in [0.1, 0.15) is 46.6 Å². The zero-order valence-electron chi connectivity index (χ0n) is 21.7. The SMILES string of the molecule is CC(=O)O[C@@H]1/C=C\[C@@](C)(O)C(=O)[C@@H](C)C/C=C\[C@H]2C=C(C)[C@@H](C)[C@H]3[C@H](Cc4ccccc4)NC(=O)[C@]321. The number of carbonyl (C=O) groups excluding carboxylic acids is 3. The summed E-state index contributed by atoms with van der Waals surface area (Å²) in [6, 6.07) is 9.87. The molecule has 0 aromatic heterocycles. The van der Waals surface area contributed by atoms with Gasteiger partial charge in [-0.3, -0.25) is 14.4 Å². The highest BCUT2D eigenvalue weighted by atomic mass is 16.5. The quantitative estimate of drug-likeness (QED) is 0.494. The van der Waals surface area contributed by atoms with Crippen LogP contribution in [0.3, 0.4) is 0 Å². The van der Waals surface area contributed by atoms with Gasteiger partial charge in [-0.15, -0.1) is 0 Å². The number of ether oxygens (including phenoxy) is 1.